The van der Waals surface area contributed by atoms with Gasteiger partial charge in [-0.25, -0.2) is 4.57 Å². The summed E-state index contributed by atoms with van der Waals surface area (Å²) in [6.07, 6.45) is 31.4. The Bertz CT molecular complexity index is 764. The fraction of sp³-hybridized carbons (Fsp3) is 0.886. The van der Waals surface area contributed by atoms with Crippen LogP contribution in [0.1, 0.15) is 168 Å². The highest BCUT2D eigenvalue weighted by Gasteiger charge is 2.25. The predicted octanol–water partition coefficient (Wildman–Crippen LogP) is 9.49. The first kappa shape index (κ1) is 43.8. The number of allylic oxidation sites excluding steroid dienone is 2. The number of carbonyl (C=O) groups excluding carboxylic acids is 2. The Labute approximate surface area is 275 Å². The van der Waals surface area contributed by atoms with Crippen LogP contribution in [0, 0.1) is 0 Å². The molecule has 0 bridgehead atoms. The van der Waals surface area contributed by atoms with Crippen LogP contribution in [0.4, 0.5) is 0 Å². The number of nitrogens with two attached hydrogens (primary N) is 1. The van der Waals surface area contributed by atoms with Gasteiger partial charge in [-0.15, -0.1) is 0 Å². The van der Waals surface area contributed by atoms with Gasteiger partial charge >= 0.3 is 19.8 Å². The van der Waals surface area contributed by atoms with Crippen LogP contribution in [0.25, 0.3) is 0 Å². The average molecular weight is 662 g/mol. The summed E-state index contributed by atoms with van der Waals surface area (Å²) < 4.78 is 32.0. The molecule has 0 amide bonds. The molecule has 9 nitrogen and oxygen atoms in total. The highest BCUT2D eigenvalue weighted by atomic mass is 31.2. The number of hydrogen-bond donors (Lipinski definition) is 2. The molecule has 0 saturated heterocycles. The zero-order chi connectivity index (χ0) is 33.3. The summed E-state index contributed by atoms with van der Waals surface area (Å²) >= 11 is 0. The standard InChI is InChI=1S/C35H68NO8P/c1-3-5-6-7-8-9-10-11-12-13-14-15-16-17-18-19-20-21-22-23-24-25-26-28-35(38)44-33(31-41-34(37)27-4-2)32-43-45(39,40)42-30-29-36/h13-14,33H,3-12,15-32,36H2,1-2H3,(H,39,40)/b14-13-. The summed E-state index contributed by atoms with van der Waals surface area (Å²) in [5, 5.41) is 0. The van der Waals surface area contributed by atoms with E-state index in [1.54, 1.807) is 0 Å². The molecule has 0 spiro atoms. The normalized spacial score (nSPS) is 13.6. The minimum atomic E-state index is -4.34. The van der Waals surface area contributed by atoms with E-state index < -0.39 is 32.5 Å². The van der Waals surface area contributed by atoms with Crippen molar-refractivity contribution in [3.63, 3.8) is 0 Å². The molecule has 0 aromatic carbocycles. The second-order valence-electron chi connectivity index (χ2n) is 12.1. The second-order valence-corrected chi connectivity index (χ2v) is 13.5. The van der Waals surface area contributed by atoms with Gasteiger partial charge in [-0.05, 0) is 38.5 Å². The maximum Gasteiger partial charge on any atom is 0.472 e. The maximum absolute atomic E-state index is 12.3. The van der Waals surface area contributed by atoms with Gasteiger partial charge in [0.25, 0.3) is 0 Å². The fourth-order valence-corrected chi connectivity index (χ4v) is 5.73. The van der Waals surface area contributed by atoms with Crippen LogP contribution in [-0.2, 0) is 32.7 Å². The fourth-order valence-electron chi connectivity index (χ4n) is 4.96. The lowest BCUT2D eigenvalue weighted by atomic mass is 10.0. The van der Waals surface area contributed by atoms with Crippen molar-refractivity contribution >= 4 is 19.8 Å². The van der Waals surface area contributed by atoms with E-state index in [4.69, 9.17) is 24.3 Å². The molecule has 3 N–H and O–H groups in total. The quantitative estimate of drug-likeness (QED) is 0.0299. The van der Waals surface area contributed by atoms with Gasteiger partial charge in [-0.2, -0.15) is 0 Å². The Morgan fingerprint density at radius 1 is 0.644 bits per heavy atom. The van der Waals surface area contributed by atoms with Gasteiger partial charge in [-0.3, -0.25) is 18.6 Å². The lowest BCUT2D eigenvalue weighted by molar-refractivity contribution is -0.161. The zero-order valence-corrected chi connectivity index (χ0v) is 29.8. The molecular weight excluding hydrogens is 593 g/mol. The third-order valence-electron chi connectivity index (χ3n) is 7.62. The summed E-state index contributed by atoms with van der Waals surface area (Å²) in [7, 11) is -4.34. The third-order valence-corrected chi connectivity index (χ3v) is 8.61. The number of phosphoric ester groups is 1. The molecule has 0 aromatic heterocycles. The number of rotatable bonds is 34. The van der Waals surface area contributed by atoms with Gasteiger partial charge in [0.1, 0.15) is 6.61 Å². The topological polar surface area (TPSA) is 134 Å². The van der Waals surface area contributed by atoms with E-state index in [1.165, 1.54) is 109 Å². The van der Waals surface area contributed by atoms with Crippen molar-refractivity contribution in [1.82, 2.24) is 0 Å². The number of hydrogen-bond acceptors (Lipinski definition) is 8. The molecule has 10 heteroatoms. The first-order valence-electron chi connectivity index (χ1n) is 18.2. The summed E-state index contributed by atoms with van der Waals surface area (Å²) in [4.78, 5) is 33.7. The Morgan fingerprint density at radius 3 is 1.62 bits per heavy atom. The molecule has 0 rings (SSSR count). The van der Waals surface area contributed by atoms with Crippen molar-refractivity contribution in [1.29, 1.82) is 0 Å². The molecule has 2 unspecified atom stereocenters. The van der Waals surface area contributed by atoms with Gasteiger partial charge < -0.3 is 20.1 Å². The van der Waals surface area contributed by atoms with Crippen molar-refractivity contribution < 1.29 is 37.6 Å². The molecule has 45 heavy (non-hydrogen) atoms. The number of phosphoric acid groups is 1. The van der Waals surface area contributed by atoms with Crippen LogP contribution >= 0.6 is 7.82 Å². The molecule has 0 aromatic rings. The molecule has 0 fully saturated rings. The van der Waals surface area contributed by atoms with Crippen LogP contribution in [0.5, 0.6) is 0 Å². The van der Waals surface area contributed by atoms with E-state index in [-0.39, 0.29) is 32.6 Å². The molecular formula is C35H68NO8P. The number of ether oxygens (including phenoxy) is 2. The van der Waals surface area contributed by atoms with Crippen LogP contribution in [0.15, 0.2) is 12.2 Å². The largest absolute Gasteiger partial charge is 0.472 e. The highest BCUT2D eigenvalue weighted by molar-refractivity contribution is 7.47. The van der Waals surface area contributed by atoms with Crippen molar-refractivity contribution in [2.75, 3.05) is 26.4 Å². The monoisotopic (exact) mass is 661 g/mol. The van der Waals surface area contributed by atoms with Crippen molar-refractivity contribution in [2.24, 2.45) is 5.73 Å². The molecule has 0 aliphatic carbocycles. The van der Waals surface area contributed by atoms with E-state index in [0.29, 0.717) is 12.8 Å². The second kappa shape index (κ2) is 32.7. The predicted molar refractivity (Wildman–Crippen MR) is 183 cm³/mol. The number of unbranched alkanes of at least 4 members (excludes halogenated alkanes) is 19. The molecule has 266 valence electrons. The van der Waals surface area contributed by atoms with Gasteiger partial charge in [0.05, 0.1) is 13.2 Å². The van der Waals surface area contributed by atoms with Crippen molar-refractivity contribution in [3.05, 3.63) is 12.2 Å². The van der Waals surface area contributed by atoms with Crippen LogP contribution in [0.2, 0.25) is 0 Å². The first-order valence-corrected chi connectivity index (χ1v) is 19.7. The number of esters is 2. The first-order chi connectivity index (χ1) is 21.8. The summed E-state index contributed by atoms with van der Waals surface area (Å²) in [5.41, 5.74) is 5.28. The summed E-state index contributed by atoms with van der Waals surface area (Å²) in [6, 6.07) is 0. The molecule has 0 saturated carbocycles. The number of carbonyl (C=O) groups is 2. The molecule has 0 heterocycles. The molecule has 0 aliphatic heterocycles. The van der Waals surface area contributed by atoms with Gasteiger partial charge in [0.2, 0.25) is 0 Å². The van der Waals surface area contributed by atoms with Crippen LogP contribution in [0.3, 0.4) is 0 Å². The lowest BCUT2D eigenvalue weighted by Crippen LogP contribution is -2.29. The Hall–Kier alpha value is -1.25. The highest BCUT2D eigenvalue weighted by Crippen LogP contribution is 2.43. The minimum absolute atomic E-state index is 0.0543. The van der Waals surface area contributed by atoms with Crippen LogP contribution in [-0.4, -0.2) is 49.3 Å². The Balaban J connectivity index is 3.77. The summed E-state index contributed by atoms with van der Waals surface area (Å²) in [5.74, 6) is -0.887. The molecule has 0 radical (unpaired) electrons. The Morgan fingerprint density at radius 2 is 1.13 bits per heavy atom. The molecule has 0 aliphatic rings. The SMILES string of the molecule is CCCCCCCCCC/C=C\CCCCCCCCCCCCCC(=O)OC(COC(=O)CCC)COP(=O)(O)OCCN. The zero-order valence-electron chi connectivity index (χ0n) is 28.9. The average Bonchev–Trinajstić information content (AvgIpc) is 3.02. The van der Waals surface area contributed by atoms with Gasteiger partial charge in [0, 0.05) is 19.4 Å². The van der Waals surface area contributed by atoms with E-state index in [2.05, 4.69) is 19.1 Å². The van der Waals surface area contributed by atoms with Crippen LogP contribution < -0.4 is 5.73 Å². The smallest absolute Gasteiger partial charge is 0.462 e. The molecule has 2 atom stereocenters. The summed E-state index contributed by atoms with van der Waals surface area (Å²) in [6.45, 7) is 3.34. The van der Waals surface area contributed by atoms with E-state index >= 15 is 0 Å². The Kier molecular flexibility index (Phi) is 31.8. The van der Waals surface area contributed by atoms with Crippen molar-refractivity contribution in [2.45, 2.75) is 174 Å². The van der Waals surface area contributed by atoms with E-state index in [1.807, 2.05) is 6.92 Å². The van der Waals surface area contributed by atoms with E-state index in [9.17, 15) is 19.0 Å². The van der Waals surface area contributed by atoms with Crippen molar-refractivity contribution in [3.8, 4) is 0 Å². The third kappa shape index (κ3) is 32.5. The minimum Gasteiger partial charge on any atom is -0.462 e. The lowest BCUT2D eigenvalue weighted by Gasteiger charge is -2.19. The van der Waals surface area contributed by atoms with Gasteiger partial charge in [-0.1, -0.05) is 129 Å². The van der Waals surface area contributed by atoms with Gasteiger partial charge in [0.15, 0.2) is 6.10 Å². The van der Waals surface area contributed by atoms with E-state index in [0.717, 1.165) is 19.3 Å². The maximum atomic E-state index is 12.3.